The minimum atomic E-state index is 0.849. The second-order valence-corrected chi connectivity index (χ2v) is 5.34. The van der Waals surface area contributed by atoms with Gasteiger partial charge in [0.15, 0.2) is 0 Å². The summed E-state index contributed by atoms with van der Waals surface area (Å²) in [5.41, 5.74) is 2.56. The average Bonchev–Trinajstić information content (AvgIpc) is 2.41. The number of hydrogen-bond donors (Lipinski definition) is 1. The largest absolute Gasteiger partial charge is 0.457 e. The van der Waals surface area contributed by atoms with E-state index in [1.54, 1.807) is 0 Å². The summed E-state index contributed by atoms with van der Waals surface area (Å²) in [5, 5.41) is 3.33. The van der Waals surface area contributed by atoms with E-state index < -0.39 is 0 Å². The van der Waals surface area contributed by atoms with Crippen LogP contribution in [-0.4, -0.2) is 6.54 Å². The third-order valence-corrected chi connectivity index (χ3v) is 3.46. The summed E-state index contributed by atoms with van der Waals surface area (Å²) in [6.07, 6.45) is 0. The Morgan fingerprint density at radius 1 is 1.05 bits per heavy atom. The van der Waals surface area contributed by atoms with Gasteiger partial charge in [-0.25, -0.2) is 0 Å². The van der Waals surface area contributed by atoms with Crippen LogP contribution in [0.15, 0.2) is 46.9 Å². The molecule has 1 N–H and O–H groups in total. The van der Waals surface area contributed by atoms with Gasteiger partial charge in [0.25, 0.3) is 0 Å². The van der Waals surface area contributed by atoms with Gasteiger partial charge < -0.3 is 10.1 Å². The fourth-order valence-electron chi connectivity index (χ4n) is 1.83. The van der Waals surface area contributed by atoms with Crippen molar-refractivity contribution in [1.29, 1.82) is 0 Å². The molecule has 0 aliphatic rings. The Kier molecular flexibility index (Phi) is 5.00. The van der Waals surface area contributed by atoms with E-state index in [9.17, 15) is 0 Å². The molecule has 0 amide bonds. The maximum absolute atomic E-state index is 5.83. The first-order chi connectivity index (χ1) is 9.19. The fraction of sp³-hybridized carbons (Fsp3) is 0.250. The first-order valence-corrected chi connectivity index (χ1v) is 7.22. The summed E-state index contributed by atoms with van der Waals surface area (Å²) >= 11 is 3.41. The molecule has 0 heterocycles. The third-order valence-electron chi connectivity index (χ3n) is 2.93. The molecule has 100 valence electrons. The number of benzene rings is 2. The Hall–Kier alpha value is -1.32. The van der Waals surface area contributed by atoms with Gasteiger partial charge in [-0.05, 0) is 61.0 Å². The molecule has 19 heavy (non-hydrogen) atoms. The van der Waals surface area contributed by atoms with Crippen LogP contribution in [-0.2, 0) is 6.54 Å². The van der Waals surface area contributed by atoms with E-state index in [4.69, 9.17) is 4.74 Å². The quantitative estimate of drug-likeness (QED) is 0.865. The summed E-state index contributed by atoms with van der Waals surface area (Å²) in [6.45, 7) is 6.11. The molecule has 0 atom stereocenters. The number of rotatable bonds is 5. The van der Waals surface area contributed by atoms with Gasteiger partial charge in [-0.2, -0.15) is 0 Å². The standard InChI is InChI=1S/C16H18BrNO/c1-3-18-11-13-4-7-16(10-12(13)2)19-15-8-5-14(17)6-9-15/h4-10,18H,3,11H2,1-2H3. The maximum atomic E-state index is 5.83. The van der Waals surface area contributed by atoms with Crippen LogP contribution >= 0.6 is 15.9 Å². The van der Waals surface area contributed by atoms with Gasteiger partial charge in [0.05, 0.1) is 0 Å². The highest BCUT2D eigenvalue weighted by Crippen LogP contribution is 2.25. The topological polar surface area (TPSA) is 21.3 Å². The summed E-state index contributed by atoms with van der Waals surface area (Å²) in [7, 11) is 0. The molecule has 0 aromatic heterocycles. The van der Waals surface area contributed by atoms with Gasteiger partial charge in [-0.15, -0.1) is 0 Å². The number of halogens is 1. The Morgan fingerprint density at radius 2 is 1.74 bits per heavy atom. The zero-order valence-electron chi connectivity index (χ0n) is 11.2. The molecule has 2 rings (SSSR count). The van der Waals surface area contributed by atoms with E-state index >= 15 is 0 Å². The molecule has 3 heteroatoms. The molecular weight excluding hydrogens is 302 g/mol. The Labute approximate surface area is 122 Å². The van der Waals surface area contributed by atoms with E-state index in [0.717, 1.165) is 29.1 Å². The van der Waals surface area contributed by atoms with Crippen molar-refractivity contribution in [3.8, 4) is 11.5 Å². The number of aryl methyl sites for hydroxylation is 1. The SMILES string of the molecule is CCNCc1ccc(Oc2ccc(Br)cc2)cc1C. The Bertz CT molecular complexity index is 537. The van der Waals surface area contributed by atoms with E-state index in [2.05, 4.69) is 47.2 Å². The smallest absolute Gasteiger partial charge is 0.127 e. The molecule has 2 aromatic carbocycles. The van der Waals surface area contributed by atoms with Gasteiger partial charge in [0, 0.05) is 11.0 Å². The highest BCUT2D eigenvalue weighted by atomic mass is 79.9. The van der Waals surface area contributed by atoms with Gasteiger partial charge in [-0.1, -0.05) is 28.9 Å². The van der Waals surface area contributed by atoms with Crippen molar-refractivity contribution in [2.24, 2.45) is 0 Å². The lowest BCUT2D eigenvalue weighted by Crippen LogP contribution is -2.12. The van der Waals surface area contributed by atoms with E-state index in [-0.39, 0.29) is 0 Å². The van der Waals surface area contributed by atoms with Crippen LogP contribution in [0.3, 0.4) is 0 Å². The minimum Gasteiger partial charge on any atom is -0.457 e. The van der Waals surface area contributed by atoms with Crippen LogP contribution < -0.4 is 10.1 Å². The summed E-state index contributed by atoms with van der Waals surface area (Å²) in [4.78, 5) is 0. The summed E-state index contributed by atoms with van der Waals surface area (Å²) in [6, 6.07) is 14.1. The second kappa shape index (κ2) is 6.73. The number of nitrogens with one attached hydrogen (secondary N) is 1. The zero-order chi connectivity index (χ0) is 13.7. The molecular formula is C16H18BrNO. The van der Waals surface area contributed by atoms with Crippen LogP contribution in [0.5, 0.6) is 11.5 Å². The van der Waals surface area contributed by atoms with Gasteiger partial charge in [-0.3, -0.25) is 0 Å². The van der Waals surface area contributed by atoms with Crippen molar-refractivity contribution < 1.29 is 4.74 Å². The highest BCUT2D eigenvalue weighted by molar-refractivity contribution is 9.10. The Balaban J connectivity index is 2.09. The van der Waals surface area contributed by atoms with Crippen molar-refractivity contribution in [3.05, 3.63) is 58.1 Å². The van der Waals surface area contributed by atoms with Crippen molar-refractivity contribution in [2.45, 2.75) is 20.4 Å². The fourth-order valence-corrected chi connectivity index (χ4v) is 2.09. The maximum Gasteiger partial charge on any atom is 0.127 e. The molecule has 0 radical (unpaired) electrons. The van der Waals surface area contributed by atoms with Crippen molar-refractivity contribution >= 4 is 15.9 Å². The molecule has 0 fully saturated rings. The molecule has 0 aliphatic heterocycles. The average molecular weight is 320 g/mol. The molecule has 0 saturated heterocycles. The second-order valence-electron chi connectivity index (χ2n) is 4.42. The summed E-state index contributed by atoms with van der Waals surface area (Å²) < 4.78 is 6.89. The van der Waals surface area contributed by atoms with Crippen LogP contribution in [0, 0.1) is 6.92 Å². The van der Waals surface area contributed by atoms with Crippen LogP contribution in [0.2, 0.25) is 0 Å². The van der Waals surface area contributed by atoms with Crippen molar-refractivity contribution in [1.82, 2.24) is 5.32 Å². The minimum absolute atomic E-state index is 0.849. The molecule has 2 aromatic rings. The van der Waals surface area contributed by atoms with Crippen LogP contribution in [0.4, 0.5) is 0 Å². The van der Waals surface area contributed by atoms with Gasteiger partial charge >= 0.3 is 0 Å². The lowest BCUT2D eigenvalue weighted by Gasteiger charge is -2.10. The summed E-state index contributed by atoms with van der Waals surface area (Å²) in [5.74, 6) is 1.72. The first-order valence-electron chi connectivity index (χ1n) is 6.42. The molecule has 0 aliphatic carbocycles. The number of ether oxygens (including phenoxy) is 1. The van der Waals surface area contributed by atoms with Crippen LogP contribution in [0.25, 0.3) is 0 Å². The van der Waals surface area contributed by atoms with E-state index in [0.29, 0.717) is 0 Å². The lowest BCUT2D eigenvalue weighted by molar-refractivity contribution is 0.482. The van der Waals surface area contributed by atoms with E-state index in [1.807, 2.05) is 30.3 Å². The zero-order valence-corrected chi connectivity index (χ0v) is 12.8. The van der Waals surface area contributed by atoms with Crippen molar-refractivity contribution in [2.75, 3.05) is 6.54 Å². The van der Waals surface area contributed by atoms with Crippen molar-refractivity contribution in [3.63, 3.8) is 0 Å². The molecule has 0 bridgehead atoms. The molecule has 0 spiro atoms. The van der Waals surface area contributed by atoms with Gasteiger partial charge in [0.2, 0.25) is 0 Å². The normalized spacial score (nSPS) is 10.5. The van der Waals surface area contributed by atoms with Crippen LogP contribution in [0.1, 0.15) is 18.1 Å². The third kappa shape index (κ3) is 4.08. The van der Waals surface area contributed by atoms with Gasteiger partial charge in [0.1, 0.15) is 11.5 Å². The Morgan fingerprint density at radius 3 is 2.37 bits per heavy atom. The first kappa shape index (κ1) is 14.1. The lowest BCUT2D eigenvalue weighted by atomic mass is 10.1. The molecule has 0 saturated carbocycles. The number of hydrogen-bond acceptors (Lipinski definition) is 2. The molecule has 0 unspecified atom stereocenters. The highest BCUT2D eigenvalue weighted by Gasteiger charge is 2.02. The predicted octanol–water partition coefficient (Wildman–Crippen LogP) is 4.66. The predicted molar refractivity (Wildman–Crippen MR) is 82.8 cm³/mol. The van der Waals surface area contributed by atoms with E-state index in [1.165, 1.54) is 11.1 Å². The molecule has 2 nitrogen and oxygen atoms in total. The monoisotopic (exact) mass is 319 g/mol.